The molecular weight excluding hydrogens is 558 g/mol. The Morgan fingerprint density at radius 3 is 2.54 bits per heavy atom. The van der Waals surface area contributed by atoms with E-state index in [-0.39, 0.29) is 24.0 Å². The second-order valence-corrected chi connectivity index (χ2v) is 9.35. The summed E-state index contributed by atoms with van der Waals surface area (Å²) < 4.78 is 12.3. The third-order valence-electron chi connectivity index (χ3n) is 4.45. The van der Waals surface area contributed by atoms with Gasteiger partial charge in [0, 0.05) is 22.1 Å². The Labute approximate surface area is 219 Å². The van der Waals surface area contributed by atoms with Gasteiger partial charge in [-0.1, -0.05) is 11.6 Å². The molecule has 0 aliphatic carbocycles. The molecular formula is C24H21BrClN3O5S. The van der Waals surface area contributed by atoms with Crippen molar-refractivity contribution in [2.24, 2.45) is 5.10 Å². The number of carbonyl (C=O) groups is 1. The average Bonchev–Trinajstić information content (AvgIpc) is 2.83. The van der Waals surface area contributed by atoms with Crippen molar-refractivity contribution >= 4 is 57.1 Å². The van der Waals surface area contributed by atoms with Crippen molar-refractivity contribution in [2.75, 3.05) is 12.4 Å². The number of halogens is 2. The molecule has 0 fully saturated rings. The van der Waals surface area contributed by atoms with E-state index in [1.54, 1.807) is 36.4 Å². The maximum atomic E-state index is 12.1. The average molecular weight is 579 g/mol. The van der Waals surface area contributed by atoms with Crippen LogP contribution in [0.5, 0.6) is 11.5 Å². The summed E-state index contributed by atoms with van der Waals surface area (Å²) in [6.45, 7) is 2.47. The number of nitro groups is 1. The fraction of sp³-hybridized carbons (Fsp3) is 0.167. The number of hydrogen-bond donors (Lipinski definition) is 1. The summed E-state index contributed by atoms with van der Waals surface area (Å²) in [5, 5.41) is 15.5. The quantitative estimate of drug-likeness (QED) is 0.125. The van der Waals surface area contributed by atoms with Gasteiger partial charge in [-0.25, -0.2) is 5.43 Å². The topological polar surface area (TPSA) is 103 Å². The number of ether oxygens (including phenoxy) is 2. The highest BCUT2D eigenvalue weighted by Crippen LogP contribution is 2.37. The van der Waals surface area contributed by atoms with E-state index < -0.39 is 4.92 Å². The van der Waals surface area contributed by atoms with Crippen molar-refractivity contribution in [2.45, 2.75) is 18.4 Å². The van der Waals surface area contributed by atoms with Gasteiger partial charge < -0.3 is 9.47 Å². The number of hydrogen-bond acceptors (Lipinski definition) is 7. The van der Waals surface area contributed by atoms with Crippen LogP contribution in [0.2, 0.25) is 5.02 Å². The Hall–Kier alpha value is -3.08. The summed E-state index contributed by atoms with van der Waals surface area (Å²) in [6, 6.07) is 16.9. The lowest BCUT2D eigenvalue weighted by Gasteiger charge is -2.14. The third-order valence-corrected chi connectivity index (χ3v) is 6.30. The Morgan fingerprint density at radius 1 is 1.17 bits per heavy atom. The van der Waals surface area contributed by atoms with Gasteiger partial charge in [-0.2, -0.15) is 5.10 Å². The lowest BCUT2D eigenvalue weighted by atomic mass is 10.2. The van der Waals surface area contributed by atoms with Gasteiger partial charge in [-0.05, 0) is 82.5 Å². The van der Waals surface area contributed by atoms with Crippen molar-refractivity contribution in [3.63, 3.8) is 0 Å². The van der Waals surface area contributed by atoms with E-state index in [9.17, 15) is 14.9 Å². The molecule has 0 aliphatic heterocycles. The zero-order valence-corrected chi connectivity index (χ0v) is 21.7. The summed E-state index contributed by atoms with van der Waals surface area (Å²) in [4.78, 5) is 23.4. The molecule has 8 nitrogen and oxygen atoms in total. The smallest absolute Gasteiger partial charge is 0.269 e. The molecule has 11 heteroatoms. The van der Waals surface area contributed by atoms with Crippen LogP contribution in [0, 0.1) is 10.1 Å². The maximum Gasteiger partial charge on any atom is 0.269 e. The van der Waals surface area contributed by atoms with Crippen molar-refractivity contribution in [3.05, 3.63) is 91.4 Å². The van der Waals surface area contributed by atoms with Gasteiger partial charge in [-0.15, -0.1) is 11.8 Å². The van der Waals surface area contributed by atoms with E-state index in [1.807, 2.05) is 19.1 Å². The summed E-state index contributed by atoms with van der Waals surface area (Å²) >= 11 is 10.7. The number of nitro benzene ring substituents is 1. The molecule has 0 atom stereocenters. The van der Waals surface area contributed by atoms with Gasteiger partial charge in [0.05, 0.1) is 28.0 Å². The molecule has 0 aromatic heterocycles. The number of hydrazone groups is 1. The molecule has 3 aromatic rings. The van der Waals surface area contributed by atoms with Gasteiger partial charge in [0.15, 0.2) is 11.5 Å². The lowest BCUT2D eigenvalue weighted by molar-refractivity contribution is -0.384. The Balaban J connectivity index is 1.60. The summed E-state index contributed by atoms with van der Waals surface area (Å²) in [6.07, 6.45) is 1.51. The largest absolute Gasteiger partial charge is 0.490 e. The van der Waals surface area contributed by atoms with E-state index in [0.717, 1.165) is 10.5 Å². The van der Waals surface area contributed by atoms with Crippen LogP contribution in [0.25, 0.3) is 0 Å². The van der Waals surface area contributed by atoms with Gasteiger partial charge in [0.25, 0.3) is 5.69 Å². The SMILES string of the molecule is CCOc1cc(/C=N\NC(=O)CSc2ccc(Cl)cc2)cc(Br)c1OCc1ccc([N+](=O)[O-])cc1. The second-order valence-electron chi connectivity index (χ2n) is 7.01. The highest BCUT2D eigenvalue weighted by molar-refractivity contribution is 9.10. The third kappa shape index (κ3) is 8.27. The van der Waals surface area contributed by atoms with E-state index in [0.29, 0.717) is 33.2 Å². The van der Waals surface area contributed by atoms with E-state index in [2.05, 4.69) is 26.5 Å². The van der Waals surface area contributed by atoms with Crippen LogP contribution in [0.3, 0.4) is 0 Å². The Bertz CT molecular complexity index is 1210. The molecule has 0 saturated carbocycles. The number of benzene rings is 3. The number of amides is 1. The minimum atomic E-state index is -0.449. The highest BCUT2D eigenvalue weighted by atomic mass is 79.9. The molecule has 1 N–H and O–H groups in total. The zero-order chi connectivity index (χ0) is 25.2. The summed E-state index contributed by atoms with van der Waals surface area (Å²) in [5.74, 6) is 0.955. The number of nitrogens with zero attached hydrogens (tertiary/aromatic N) is 2. The number of nitrogens with one attached hydrogen (secondary N) is 1. The summed E-state index contributed by atoms with van der Waals surface area (Å²) in [5.41, 5.74) is 3.99. The van der Waals surface area contributed by atoms with Crippen LogP contribution in [0.1, 0.15) is 18.1 Å². The number of non-ortho nitro benzene ring substituents is 1. The fourth-order valence-corrected chi connectivity index (χ4v) is 4.22. The Morgan fingerprint density at radius 2 is 1.89 bits per heavy atom. The van der Waals surface area contributed by atoms with Crippen LogP contribution in [0.15, 0.2) is 75.1 Å². The molecule has 35 heavy (non-hydrogen) atoms. The monoisotopic (exact) mass is 577 g/mol. The van der Waals surface area contributed by atoms with Crippen molar-refractivity contribution in [3.8, 4) is 11.5 Å². The molecule has 0 bridgehead atoms. The van der Waals surface area contributed by atoms with Gasteiger partial charge in [0.1, 0.15) is 6.61 Å². The number of thioether (sulfide) groups is 1. The Kier molecular flexibility index (Phi) is 9.95. The van der Waals surface area contributed by atoms with Crippen molar-refractivity contribution < 1.29 is 19.2 Å². The lowest BCUT2D eigenvalue weighted by Crippen LogP contribution is -2.19. The van der Waals surface area contributed by atoms with Crippen LogP contribution in [-0.4, -0.2) is 29.4 Å². The molecule has 0 heterocycles. The fourth-order valence-electron chi connectivity index (χ4n) is 2.83. The molecule has 182 valence electrons. The van der Waals surface area contributed by atoms with Crippen LogP contribution >= 0.6 is 39.3 Å². The van der Waals surface area contributed by atoms with Gasteiger partial charge in [-0.3, -0.25) is 14.9 Å². The van der Waals surface area contributed by atoms with E-state index in [4.69, 9.17) is 21.1 Å². The summed E-state index contributed by atoms with van der Waals surface area (Å²) in [7, 11) is 0. The van der Waals surface area contributed by atoms with Crippen LogP contribution in [-0.2, 0) is 11.4 Å². The van der Waals surface area contributed by atoms with Crippen molar-refractivity contribution in [1.29, 1.82) is 0 Å². The molecule has 0 aliphatic rings. The minimum Gasteiger partial charge on any atom is -0.490 e. The second kappa shape index (κ2) is 13.1. The van der Waals surface area contributed by atoms with Gasteiger partial charge in [0.2, 0.25) is 5.91 Å². The molecule has 3 aromatic carbocycles. The van der Waals surface area contributed by atoms with Crippen LogP contribution < -0.4 is 14.9 Å². The first-order valence-electron chi connectivity index (χ1n) is 10.4. The van der Waals surface area contributed by atoms with E-state index in [1.165, 1.54) is 30.1 Å². The first-order chi connectivity index (χ1) is 16.9. The molecule has 1 amide bonds. The molecule has 0 unspecified atom stereocenters. The van der Waals surface area contributed by atoms with Crippen LogP contribution in [0.4, 0.5) is 5.69 Å². The number of rotatable bonds is 11. The van der Waals surface area contributed by atoms with Crippen molar-refractivity contribution in [1.82, 2.24) is 5.43 Å². The molecule has 0 spiro atoms. The predicted molar refractivity (Wildman–Crippen MR) is 141 cm³/mol. The highest BCUT2D eigenvalue weighted by Gasteiger charge is 2.13. The standard InChI is InChI=1S/C24H21BrClN3O5S/c1-2-33-22-12-17(13-27-28-23(30)15-35-20-9-5-18(26)6-10-20)11-21(25)24(22)34-14-16-3-7-19(8-4-16)29(31)32/h3-13H,2,14-15H2,1H3,(H,28,30)/b27-13-. The maximum absolute atomic E-state index is 12.1. The minimum absolute atomic E-state index is 0.0178. The number of carbonyl (C=O) groups excluding carboxylic acids is 1. The zero-order valence-electron chi connectivity index (χ0n) is 18.6. The van der Waals surface area contributed by atoms with E-state index >= 15 is 0 Å². The first-order valence-corrected chi connectivity index (χ1v) is 12.5. The molecule has 0 saturated heterocycles. The predicted octanol–water partition coefficient (Wildman–Crippen LogP) is 6.23. The molecule has 0 radical (unpaired) electrons. The molecule has 3 rings (SSSR count). The first kappa shape index (κ1) is 26.5. The normalized spacial score (nSPS) is 10.8. The van der Waals surface area contributed by atoms with Gasteiger partial charge >= 0.3 is 0 Å².